The van der Waals surface area contributed by atoms with Gasteiger partial charge in [-0.2, -0.15) is 0 Å². The van der Waals surface area contributed by atoms with Crippen LogP contribution in [0.1, 0.15) is 30.0 Å². The van der Waals surface area contributed by atoms with Crippen LogP contribution >= 0.6 is 0 Å². The summed E-state index contributed by atoms with van der Waals surface area (Å²) in [6.07, 6.45) is 3.08. The van der Waals surface area contributed by atoms with Gasteiger partial charge in [-0.25, -0.2) is 0 Å². The quantitative estimate of drug-likeness (QED) is 0.671. The number of carbonyl (C=O) groups excluding carboxylic acids is 2. The molecule has 0 saturated carbocycles. The number of nitrogens with zero attached hydrogens (tertiary/aromatic N) is 1. The maximum atomic E-state index is 12.9. The number of carboxylic acid groups (broad SMARTS) is 1. The van der Waals surface area contributed by atoms with Crippen molar-refractivity contribution in [2.75, 3.05) is 6.54 Å². The number of carboxylic acids is 1. The molecule has 3 rings (SSSR count). The van der Waals surface area contributed by atoms with Gasteiger partial charge in [-0.1, -0.05) is 66.7 Å². The van der Waals surface area contributed by atoms with Crippen molar-refractivity contribution in [2.45, 2.75) is 18.9 Å². The van der Waals surface area contributed by atoms with E-state index in [0.717, 1.165) is 5.56 Å². The summed E-state index contributed by atoms with van der Waals surface area (Å²) in [6, 6.07) is 17.4. The summed E-state index contributed by atoms with van der Waals surface area (Å²) in [5, 5.41) is 19.3. The van der Waals surface area contributed by atoms with Crippen molar-refractivity contribution in [1.82, 2.24) is 4.90 Å². The van der Waals surface area contributed by atoms with Crippen LogP contribution in [0.25, 0.3) is 6.08 Å². The molecule has 6 nitrogen and oxygen atoms in total. The van der Waals surface area contributed by atoms with Gasteiger partial charge in [-0.05, 0) is 23.6 Å². The van der Waals surface area contributed by atoms with E-state index in [2.05, 4.69) is 0 Å². The molecule has 0 saturated heterocycles. The lowest BCUT2D eigenvalue weighted by molar-refractivity contribution is -0.138. The Morgan fingerprint density at radius 2 is 1.62 bits per heavy atom. The predicted octanol–water partition coefficient (Wildman–Crippen LogP) is 3.53. The number of hydrogen-bond acceptors (Lipinski definition) is 4. The number of allylic oxidation sites excluding steroid dienone is 1. The summed E-state index contributed by atoms with van der Waals surface area (Å²) in [5.74, 6) is -2.68. The van der Waals surface area contributed by atoms with Gasteiger partial charge in [0.1, 0.15) is 0 Å². The van der Waals surface area contributed by atoms with E-state index in [1.165, 1.54) is 11.0 Å². The first-order chi connectivity index (χ1) is 14.0. The number of amides is 1. The van der Waals surface area contributed by atoms with Crippen LogP contribution in [0.4, 0.5) is 0 Å². The third-order valence-corrected chi connectivity index (χ3v) is 4.70. The van der Waals surface area contributed by atoms with Gasteiger partial charge in [0.2, 0.25) is 0 Å². The third-order valence-electron chi connectivity index (χ3n) is 4.70. The summed E-state index contributed by atoms with van der Waals surface area (Å²) in [4.78, 5) is 37.8. The maximum absolute atomic E-state index is 12.9. The molecule has 0 radical (unpaired) electrons. The first kappa shape index (κ1) is 20.1. The van der Waals surface area contributed by atoms with Crippen LogP contribution < -0.4 is 0 Å². The highest BCUT2D eigenvalue weighted by Crippen LogP contribution is 2.38. The second-order valence-corrected chi connectivity index (χ2v) is 6.68. The molecule has 2 N–H and O–H groups in total. The van der Waals surface area contributed by atoms with Crippen LogP contribution in [0.3, 0.4) is 0 Å². The number of aliphatic hydroxyl groups excluding tert-OH is 1. The fraction of sp³-hybridized carbons (Fsp3) is 0.174. The molecule has 148 valence electrons. The monoisotopic (exact) mass is 391 g/mol. The molecule has 0 bridgehead atoms. The highest BCUT2D eigenvalue weighted by Gasteiger charge is 2.42. The number of benzene rings is 2. The molecule has 0 aromatic heterocycles. The van der Waals surface area contributed by atoms with Gasteiger partial charge in [-0.15, -0.1) is 0 Å². The maximum Gasteiger partial charge on any atom is 0.303 e. The molecule has 6 heteroatoms. The minimum Gasteiger partial charge on any atom is -0.503 e. The van der Waals surface area contributed by atoms with Crippen molar-refractivity contribution < 1.29 is 24.6 Å². The Hall–Kier alpha value is -3.67. The van der Waals surface area contributed by atoms with Crippen LogP contribution in [-0.2, 0) is 14.4 Å². The summed E-state index contributed by atoms with van der Waals surface area (Å²) in [5.41, 5.74) is 1.50. The predicted molar refractivity (Wildman–Crippen MR) is 108 cm³/mol. The SMILES string of the molecule is O=C(O)CCCN1C(=O)C(O)=C(C(=O)C=Cc2ccccc2)C1c1ccccc1. The highest BCUT2D eigenvalue weighted by molar-refractivity contribution is 6.14. The van der Waals surface area contributed by atoms with E-state index < -0.39 is 29.5 Å². The van der Waals surface area contributed by atoms with E-state index >= 15 is 0 Å². The number of carbonyl (C=O) groups is 3. The number of ketones is 1. The van der Waals surface area contributed by atoms with Crippen molar-refractivity contribution in [3.63, 3.8) is 0 Å². The van der Waals surface area contributed by atoms with Gasteiger partial charge in [0.15, 0.2) is 11.5 Å². The minimum absolute atomic E-state index is 0.00343. The van der Waals surface area contributed by atoms with Gasteiger partial charge >= 0.3 is 5.97 Å². The lowest BCUT2D eigenvalue weighted by atomic mass is 9.95. The smallest absolute Gasteiger partial charge is 0.303 e. The summed E-state index contributed by atoms with van der Waals surface area (Å²) in [7, 11) is 0. The van der Waals surface area contributed by atoms with E-state index in [-0.39, 0.29) is 25.0 Å². The standard InChI is InChI=1S/C23H21NO5/c25-18(14-13-16-8-3-1-4-9-16)20-21(17-10-5-2-6-11-17)24(23(29)22(20)28)15-7-12-19(26)27/h1-6,8-11,13-14,21,28H,7,12,15H2,(H,26,27). The average molecular weight is 391 g/mol. The van der Waals surface area contributed by atoms with Gasteiger partial charge in [0.25, 0.3) is 5.91 Å². The van der Waals surface area contributed by atoms with Crippen molar-refractivity contribution in [3.8, 4) is 0 Å². The van der Waals surface area contributed by atoms with Gasteiger partial charge in [0.05, 0.1) is 11.6 Å². The normalized spacial score (nSPS) is 16.6. The minimum atomic E-state index is -0.966. The average Bonchev–Trinajstić information content (AvgIpc) is 2.98. The molecule has 0 spiro atoms. The van der Waals surface area contributed by atoms with Gasteiger partial charge in [0, 0.05) is 13.0 Å². The van der Waals surface area contributed by atoms with Crippen molar-refractivity contribution in [1.29, 1.82) is 0 Å². The van der Waals surface area contributed by atoms with Crippen molar-refractivity contribution in [2.24, 2.45) is 0 Å². The number of aliphatic hydroxyl groups is 1. The van der Waals surface area contributed by atoms with Crippen molar-refractivity contribution in [3.05, 3.63) is 89.2 Å². The number of rotatable bonds is 8. The molecule has 0 fully saturated rings. The molecule has 1 amide bonds. The Balaban J connectivity index is 1.92. The van der Waals surface area contributed by atoms with Crippen LogP contribution in [0, 0.1) is 0 Å². The Morgan fingerprint density at radius 3 is 2.24 bits per heavy atom. The molecule has 1 aliphatic rings. The number of hydrogen-bond donors (Lipinski definition) is 2. The van der Waals surface area contributed by atoms with Crippen LogP contribution in [0.2, 0.25) is 0 Å². The zero-order valence-electron chi connectivity index (χ0n) is 15.7. The fourth-order valence-corrected chi connectivity index (χ4v) is 3.34. The van der Waals surface area contributed by atoms with E-state index in [4.69, 9.17) is 5.11 Å². The second kappa shape index (κ2) is 9.01. The molecule has 0 aliphatic carbocycles. The molecule has 1 unspecified atom stereocenters. The third kappa shape index (κ3) is 4.60. The van der Waals surface area contributed by atoms with Crippen LogP contribution in [-0.4, -0.2) is 39.3 Å². The van der Waals surface area contributed by atoms with Gasteiger partial charge in [-0.3, -0.25) is 14.4 Å². The fourth-order valence-electron chi connectivity index (χ4n) is 3.34. The molecule has 1 aliphatic heterocycles. The topological polar surface area (TPSA) is 94.9 Å². The zero-order valence-corrected chi connectivity index (χ0v) is 15.7. The molecule has 29 heavy (non-hydrogen) atoms. The van der Waals surface area contributed by atoms with Crippen LogP contribution in [0.15, 0.2) is 78.1 Å². The number of aliphatic carboxylic acids is 1. The molecule has 1 heterocycles. The lowest BCUT2D eigenvalue weighted by Gasteiger charge is -2.26. The highest BCUT2D eigenvalue weighted by atomic mass is 16.4. The first-order valence-corrected chi connectivity index (χ1v) is 9.27. The Bertz CT molecular complexity index is 963. The summed E-state index contributed by atoms with van der Waals surface area (Å²) in [6.45, 7) is 0.119. The van der Waals surface area contributed by atoms with Gasteiger partial charge < -0.3 is 15.1 Å². The molecule has 1 atom stereocenters. The van der Waals surface area contributed by atoms with E-state index in [1.54, 1.807) is 30.3 Å². The Kier molecular flexibility index (Phi) is 6.24. The van der Waals surface area contributed by atoms with E-state index in [9.17, 15) is 19.5 Å². The molecular formula is C23H21NO5. The molecule has 2 aromatic carbocycles. The first-order valence-electron chi connectivity index (χ1n) is 9.27. The zero-order chi connectivity index (χ0) is 20.8. The largest absolute Gasteiger partial charge is 0.503 e. The molecular weight excluding hydrogens is 370 g/mol. The molecule has 2 aromatic rings. The lowest BCUT2D eigenvalue weighted by Crippen LogP contribution is -2.32. The summed E-state index contributed by atoms with van der Waals surface area (Å²) >= 11 is 0. The second-order valence-electron chi connectivity index (χ2n) is 6.68. The van der Waals surface area contributed by atoms with E-state index in [1.807, 2.05) is 36.4 Å². The Labute approximate surface area is 168 Å². The van der Waals surface area contributed by atoms with Crippen LogP contribution in [0.5, 0.6) is 0 Å². The van der Waals surface area contributed by atoms with E-state index in [0.29, 0.717) is 5.56 Å². The Morgan fingerprint density at radius 1 is 1.00 bits per heavy atom. The van der Waals surface area contributed by atoms with Crippen molar-refractivity contribution >= 4 is 23.7 Å². The summed E-state index contributed by atoms with van der Waals surface area (Å²) < 4.78 is 0.